The summed E-state index contributed by atoms with van der Waals surface area (Å²) in [5.74, 6) is 0. The number of nitrogens with one attached hydrogen (secondary N) is 1. The van der Waals surface area contributed by atoms with Gasteiger partial charge in [0, 0.05) is 60.9 Å². The Bertz CT molecular complexity index is 1050. The van der Waals surface area contributed by atoms with Gasteiger partial charge in [0.2, 0.25) is 0 Å². The summed E-state index contributed by atoms with van der Waals surface area (Å²) in [6, 6.07) is 10.2. The normalized spacial score (nSPS) is 14.3. The van der Waals surface area contributed by atoms with Crippen LogP contribution in [0.5, 0.6) is 0 Å². The first-order valence-corrected chi connectivity index (χ1v) is 11.0. The Balaban J connectivity index is 1.50. The average Bonchev–Trinajstić information content (AvgIpc) is 3.31. The van der Waals surface area contributed by atoms with Gasteiger partial charge in [-0.25, -0.2) is 4.98 Å². The maximum absolute atomic E-state index is 6.54. The van der Waals surface area contributed by atoms with E-state index in [9.17, 15) is 0 Å². The van der Waals surface area contributed by atoms with Crippen molar-refractivity contribution in [3.63, 3.8) is 0 Å². The van der Waals surface area contributed by atoms with Crippen LogP contribution in [0.15, 0.2) is 61.6 Å². The first kappa shape index (κ1) is 20.5. The van der Waals surface area contributed by atoms with Crippen LogP contribution < -0.4 is 0 Å². The van der Waals surface area contributed by atoms with Crippen LogP contribution in [0, 0.1) is 0 Å². The molecule has 3 aromatic rings. The molecule has 30 heavy (non-hydrogen) atoms. The number of aromatic nitrogens is 2. The van der Waals surface area contributed by atoms with Gasteiger partial charge in [0.25, 0.3) is 0 Å². The maximum Gasteiger partial charge on any atom is 0.0739 e. The molecule has 0 amide bonds. The third-order valence-electron chi connectivity index (χ3n) is 5.91. The number of aromatic amines is 1. The summed E-state index contributed by atoms with van der Waals surface area (Å²) in [5.41, 5.74) is 6.20. The van der Waals surface area contributed by atoms with Crippen molar-refractivity contribution in [1.82, 2.24) is 19.8 Å². The first-order chi connectivity index (χ1) is 14.6. The highest BCUT2D eigenvalue weighted by molar-refractivity contribution is 6.35. The molecule has 1 aliphatic rings. The lowest BCUT2D eigenvalue weighted by atomic mass is 10.1. The monoisotopic (exact) mass is 420 g/mol. The third kappa shape index (κ3) is 4.24. The highest BCUT2D eigenvalue weighted by atomic mass is 35.5. The van der Waals surface area contributed by atoms with Gasteiger partial charge in [0.15, 0.2) is 0 Å². The number of hydrogen-bond donors (Lipinski definition) is 1. The number of halogens is 1. The van der Waals surface area contributed by atoms with Crippen LogP contribution in [0.1, 0.15) is 31.7 Å². The van der Waals surface area contributed by atoms with Crippen molar-refractivity contribution >= 4 is 28.2 Å². The number of allylic oxidation sites excluding steroid dienone is 1. The topological polar surface area (TPSA) is 35.2 Å². The highest BCUT2D eigenvalue weighted by Crippen LogP contribution is 2.30. The number of nitrogens with zero attached hydrogens (tertiary/aromatic N) is 3. The number of unbranched alkanes of at least 4 members (excludes halogenated alkanes) is 1. The molecule has 0 saturated carbocycles. The van der Waals surface area contributed by atoms with Gasteiger partial charge >= 0.3 is 0 Å². The van der Waals surface area contributed by atoms with Crippen molar-refractivity contribution in [2.24, 2.45) is 0 Å². The molecule has 0 aliphatic carbocycles. The SMILES string of the molecule is C=C(CCCC)N1CCN(C(=C)c2ccc3c(Cl)cc(-c4cc[nH]c4)nc3c2)CC1. The Morgan fingerprint density at radius 1 is 1.10 bits per heavy atom. The second kappa shape index (κ2) is 8.97. The molecule has 0 radical (unpaired) electrons. The molecule has 156 valence electrons. The van der Waals surface area contributed by atoms with E-state index < -0.39 is 0 Å². The van der Waals surface area contributed by atoms with E-state index in [1.807, 2.05) is 24.5 Å². The van der Waals surface area contributed by atoms with Crippen molar-refractivity contribution in [2.45, 2.75) is 26.2 Å². The minimum absolute atomic E-state index is 0.715. The molecule has 4 rings (SSSR count). The first-order valence-electron chi connectivity index (χ1n) is 10.7. The molecule has 3 heterocycles. The van der Waals surface area contributed by atoms with E-state index in [1.165, 1.54) is 18.5 Å². The number of hydrogen-bond acceptors (Lipinski definition) is 3. The van der Waals surface area contributed by atoms with Gasteiger partial charge in [0.1, 0.15) is 0 Å². The summed E-state index contributed by atoms with van der Waals surface area (Å²) in [7, 11) is 0. The Labute approximate surface area is 183 Å². The van der Waals surface area contributed by atoms with E-state index in [-0.39, 0.29) is 0 Å². The quantitative estimate of drug-likeness (QED) is 0.496. The summed E-state index contributed by atoms with van der Waals surface area (Å²) in [4.78, 5) is 12.7. The fraction of sp³-hybridized carbons (Fsp3) is 0.320. The van der Waals surface area contributed by atoms with Crippen LogP contribution in [-0.2, 0) is 0 Å². The fourth-order valence-corrected chi connectivity index (χ4v) is 4.27. The Kier molecular flexibility index (Phi) is 6.14. The molecular formula is C25H29ClN4. The van der Waals surface area contributed by atoms with Crippen molar-refractivity contribution in [3.05, 3.63) is 72.2 Å². The molecule has 1 fully saturated rings. The Hall–Kier alpha value is -2.72. The van der Waals surface area contributed by atoms with E-state index in [4.69, 9.17) is 16.6 Å². The number of piperazine rings is 1. The van der Waals surface area contributed by atoms with Crippen molar-refractivity contribution in [1.29, 1.82) is 0 Å². The van der Waals surface area contributed by atoms with E-state index in [0.29, 0.717) is 5.02 Å². The lowest BCUT2D eigenvalue weighted by molar-refractivity contribution is 0.209. The lowest BCUT2D eigenvalue weighted by Gasteiger charge is -2.39. The summed E-state index contributed by atoms with van der Waals surface area (Å²) in [5, 5.41) is 1.68. The van der Waals surface area contributed by atoms with Crippen LogP contribution in [-0.4, -0.2) is 45.9 Å². The second-order valence-corrected chi connectivity index (χ2v) is 8.32. The van der Waals surface area contributed by atoms with E-state index in [1.54, 1.807) is 0 Å². The van der Waals surface area contributed by atoms with Gasteiger partial charge in [-0.05, 0) is 36.6 Å². The summed E-state index contributed by atoms with van der Waals surface area (Å²) in [6.45, 7) is 14.8. The van der Waals surface area contributed by atoms with E-state index >= 15 is 0 Å². The van der Waals surface area contributed by atoms with Crippen LogP contribution in [0.25, 0.3) is 27.9 Å². The van der Waals surface area contributed by atoms with Gasteiger partial charge in [-0.1, -0.05) is 50.2 Å². The van der Waals surface area contributed by atoms with Gasteiger partial charge in [-0.15, -0.1) is 0 Å². The molecule has 0 spiro atoms. The number of pyridine rings is 1. The van der Waals surface area contributed by atoms with Gasteiger partial charge in [-0.2, -0.15) is 0 Å². The molecule has 5 heteroatoms. The van der Waals surface area contributed by atoms with Crippen LogP contribution in [0.3, 0.4) is 0 Å². The number of H-pyrrole nitrogens is 1. The van der Waals surface area contributed by atoms with E-state index in [0.717, 1.165) is 66.0 Å². The van der Waals surface area contributed by atoms with Crippen molar-refractivity contribution < 1.29 is 0 Å². The van der Waals surface area contributed by atoms with Crippen LogP contribution in [0.4, 0.5) is 0 Å². The van der Waals surface area contributed by atoms with Crippen molar-refractivity contribution in [3.8, 4) is 11.3 Å². The Morgan fingerprint density at radius 2 is 1.87 bits per heavy atom. The Morgan fingerprint density at radius 3 is 2.57 bits per heavy atom. The van der Waals surface area contributed by atoms with Crippen LogP contribution in [0.2, 0.25) is 5.02 Å². The summed E-state index contributed by atoms with van der Waals surface area (Å²) >= 11 is 6.54. The molecule has 1 aromatic carbocycles. The molecule has 4 nitrogen and oxygen atoms in total. The molecular weight excluding hydrogens is 392 g/mol. The fourth-order valence-electron chi connectivity index (χ4n) is 4.01. The summed E-state index contributed by atoms with van der Waals surface area (Å²) in [6.07, 6.45) is 7.34. The maximum atomic E-state index is 6.54. The van der Waals surface area contributed by atoms with Crippen molar-refractivity contribution in [2.75, 3.05) is 26.2 Å². The minimum Gasteiger partial charge on any atom is -0.372 e. The molecule has 1 aliphatic heterocycles. The molecule has 2 aromatic heterocycles. The number of benzene rings is 1. The van der Waals surface area contributed by atoms with Gasteiger partial charge in [-0.3, -0.25) is 0 Å². The van der Waals surface area contributed by atoms with Crippen LogP contribution >= 0.6 is 11.6 Å². The summed E-state index contributed by atoms with van der Waals surface area (Å²) < 4.78 is 0. The standard InChI is InChI=1S/C25H29ClN4/c1-4-5-6-18(2)29-11-13-30(14-12-29)19(3)20-7-8-22-23(26)16-24(28-25(22)15-20)21-9-10-27-17-21/h7-10,15-17,27H,2-6,11-14H2,1H3. The van der Waals surface area contributed by atoms with E-state index in [2.05, 4.69) is 53.1 Å². The predicted octanol–water partition coefficient (Wildman–Crippen LogP) is 6.18. The zero-order valence-corrected chi connectivity index (χ0v) is 18.4. The number of fused-ring (bicyclic) bond motifs is 1. The number of rotatable bonds is 7. The second-order valence-electron chi connectivity index (χ2n) is 7.91. The molecule has 0 unspecified atom stereocenters. The predicted molar refractivity (Wildman–Crippen MR) is 127 cm³/mol. The van der Waals surface area contributed by atoms with Gasteiger partial charge < -0.3 is 14.8 Å². The largest absolute Gasteiger partial charge is 0.372 e. The molecule has 1 saturated heterocycles. The minimum atomic E-state index is 0.715. The lowest BCUT2D eigenvalue weighted by Crippen LogP contribution is -2.44. The zero-order chi connectivity index (χ0) is 21.1. The van der Waals surface area contributed by atoms with Gasteiger partial charge in [0.05, 0.1) is 16.2 Å². The zero-order valence-electron chi connectivity index (χ0n) is 17.6. The molecule has 0 bridgehead atoms. The average molecular weight is 421 g/mol. The molecule has 0 atom stereocenters. The molecule has 1 N–H and O–H groups in total. The third-order valence-corrected chi connectivity index (χ3v) is 6.23. The smallest absolute Gasteiger partial charge is 0.0739 e. The highest BCUT2D eigenvalue weighted by Gasteiger charge is 2.20.